The maximum Gasteiger partial charge on any atom is 0.241 e. The fourth-order valence-electron chi connectivity index (χ4n) is 5.00. The second-order valence-electron chi connectivity index (χ2n) is 8.77. The van der Waals surface area contributed by atoms with Gasteiger partial charge in [0.25, 0.3) is 0 Å². The Labute approximate surface area is 188 Å². The quantitative estimate of drug-likeness (QED) is 0.795. The number of nitrogens with one attached hydrogen (secondary N) is 1. The molecule has 3 heterocycles. The van der Waals surface area contributed by atoms with Gasteiger partial charge in [0.2, 0.25) is 11.8 Å². The number of amides is 2. The first-order valence-electron chi connectivity index (χ1n) is 11.4. The molecule has 2 unspecified atom stereocenters. The summed E-state index contributed by atoms with van der Waals surface area (Å²) in [4.78, 5) is 29.8. The van der Waals surface area contributed by atoms with E-state index in [9.17, 15) is 9.59 Å². The summed E-state index contributed by atoms with van der Waals surface area (Å²) in [7, 11) is 0. The first-order valence-corrected chi connectivity index (χ1v) is 11.4. The topological polar surface area (TPSA) is 71.1 Å². The first-order chi connectivity index (χ1) is 15.6. The lowest BCUT2D eigenvalue weighted by atomic mass is 10.0. The summed E-state index contributed by atoms with van der Waals surface area (Å²) in [6, 6.07) is 13.6. The molecule has 1 N–H and O–H groups in total. The van der Waals surface area contributed by atoms with Gasteiger partial charge in [0.05, 0.1) is 31.1 Å². The highest BCUT2D eigenvalue weighted by Crippen LogP contribution is 2.38. The SMILES string of the molecule is CC1CC(=O)Nc2ccccc2N1C(=O)CN1CCCC1c1ccc2c(c1)OCCCO2. The minimum Gasteiger partial charge on any atom is -0.490 e. The van der Waals surface area contributed by atoms with Crippen molar-refractivity contribution in [2.24, 2.45) is 0 Å². The molecule has 0 saturated carbocycles. The molecule has 7 nitrogen and oxygen atoms in total. The number of carbonyl (C=O) groups excluding carboxylic acids is 2. The van der Waals surface area contributed by atoms with Crippen LogP contribution in [0.3, 0.4) is 0 Å². The smallest absolute Gasteiger partial charge is 0.241 e. The molecule has 0 aromatic heterocycles. The van der Waals surface area contributed by atoms with E-state index in [-0.39, 0.29) is 30.3 Å². The van der Waals surface area contributed by atoms with Crippen molar-refractivity contribution in [3.63, 3.8) is 0 Å². The van der Waals surface area contributed by atoms with Crippen molar-refractivity contribution < 1.29 is 19.1 Å². The van der Waals surface area contributed by atoms with Gasteiger partial charge in [0, 0.05) is 24.9 Å². The number of para-hydroxylation sites is 2. The van der Waals surface area contributed by atoms with E-state index in [1.54, 1.807) is 4.90 Å². The summed E-state index contributed by atoms with van der Waals surface area (Å²) < 4.78 is 11.6. The summed E-state index contributed by atoms with van der Waals surface area (Å²) in [6.45, 7) is 4.44. The van der Waals surface area contributed by atoms with Crippen LogP contribution >= 0.6 is 0 Å². The van der Waals surface area contributed by atoms with Crippen LogP contribution in [0, 0.1) is 0 Å². The Morgan fingerprint density at radius 2 is 1.91 bits per heavy atom. The molecule has 0 aliphatic carbocycles. The molecular formula is C25H29N3O4. The van der Waals surface area contributed by atoms with E-state index in [2.05, 4.69) is 22.3 Å². The number of likely N-dealkylation sites (tertiary alicyclic amines) is 1. The number of anilines is 2. The lowest BCUT2D eigenvalue weighted by Crippen LogP contribution is -2.45. The van der Waals surface area contributed by atoms with E-state index >= 15 is 0 Å². The van der Waals surface area contributed by atoms with Crippen molar-refractivity contribution in [2.75, 3.05) is 36.5 Å². The molecule has 0 spiro atoms. The first kappa shape index (κ1) is 20.8. The molecule has 2 aromatic carbocycles. The molecule has 32 heavy (non-hydrogen) atoms. The molecule has 2 aromatic rings. The van der Waals surface area contributed by atoms with Crippen molar-refractivity contribution in [1.29, 1.82) is 0 Å². The van der Waals surface area contributed by atoms with Crippen molar-refractivity contribution in [3.8, 4) is 11.5 Å². The molecule has 1 fully saturated rings. The van der Waals surface area contributed by atoms with E-state index in [0.717, 1.165) is 48.6 Å². The Bertz CT molecular complexity index is 1020. The van der Waals surface area contributed by atoms with Gasteiger partial charge < -0.3 is 19.7 Å². The maximum atomic E-state index is 13.5. The summed E-state index contributed by atoms with van der Waals surface area (Å²) in [6.07, 6.45) is 3.20. The van der Waals surface area contributed by atoms with Gasteiger partial charge in [-0.3, -0.25) is 14.5 Å². The van der Waals surface area contributed by atoms with Crippen LogP contribution in [0.4, 0.5) is 11.4 Å². The lowest BCUT2D eigenvalue weighted by molar-refractivity contribution is -0.120. The summed E-state index contributed by atoms with van der Waals surface area (Å²) in [5.74, 6) is 1.53. The van der Waals surface area contributed by atoms with Gasteiger partial charge >= 0.3 is 0 Å². The van der Waals surface area contributed by atoms with Crippen LogP contribution in [0.1, 0.15) is 44.2 Å². The minimum atomic E-state index is -0.203. The molecule has 0 radical (unpaired) electrons. The van der Waals surface area contributed by atoms with Gasteiger partial charge in [-0.25, -0.2) is 0 Å². The molecule has 2 amide bonds. The van der Waals surface area contributed by atoms with E-state index in [0.29, 0.717) is 25.4 Å². The molecule has 3 aliphatic rings. The van der Waals surface area contributed by atoms with Crippen LogP contribution in [0.25, 0.3) is 0 Å². The van der Waals surface area contributed by atoms with Crippen molar-refractivity contribution in [3.05, 3.63) is 48.0 Å². The molecule has 0 bridgehead atoms. The van der Waals surface area contributed by atoms with E-state index in [1.165, 1.54) is 0 Å². The minimum absolute atomic E-state index is 0.0164. The molecule has 7 heteroatoms. The molecule has 168 valence electrons. The molecule has 3 aliphatic heterocycles. The maximum absolute atomic E-state index is 13.5. The number of ether oxygens (including phenoxy) is 2. The Hall–Kier alpha value is -3.06. The summed E-state index contributed by atoms with van der Waals surface area (Å²) in [5.41, 5.74) is 2.61. The van der Waals surface area contributed by atoms with Gasteiger partial charge in [-0.1, -0.05) is 18.2 Å². The van der Waals surface area contributed by atoms with Gasteiger partial charge in [-0.2, -0.15) is 0 Å². The fraction of sp³-hybridized carbons (Fsp3) is 0.440. The van der Waals surface area contributed by atoms with E-state index in [4.69, 9.17) is 9.47 Å². The Balaban J connectivity index is 1.37. The normalized spacial score (nSPS) is 23.2. The van der Waals surface area contributed by atoms with E-state index in [1.807, 2.05) is 37.3 Å². The van der Waals surface area contributed by atoms with Gasteiger partial charge in [0.15, 0.2) is 11.5 Å². The van der Waals surface area contributed by atoms with Crippen LogP contribution in [0.2, 0.25) is 0 Å². The zero-order valence-electron chi connectivity index (χ0n) is 18.4. The zero-order chi connectivity index (χ0) is 22.1. The average molecular weight is 436 g/mol. The Morgan fingerprint density at radius 3 is 2.78 bits per heavy atom. The number of nitrogens with zero attached hydrogens (tertiary/aromatic N) is 2. The molecular weight excluding hydrogens is 406 g/mol. The second-order valence-corrected chi connectivity index (χ2v) is 8.77. The summed E-state index contributed by atoms with van der Waals surface area (Å²) >= 11 is 0. The second kappa shape index (κ2) is 8.82. The van der Waals surface area contributed by atoms with Gasteiger partial charge in [0.1, 0.15) is 0 Å². The van der Waals surface area contributed by atoms with Gasteiger partial charge in [-0.15, -0.1) is 0 Å². The standard InChI is InChI=1S/C25H29N3O4/c1-17-14-24(29)26-19-6-2-3-7-21(19)28(17)25(30)16-27-11-4-8-20(27)18-9-10-22-23(15-18)32-13-5-12-31-22/h2-3,6-7,9-10,15,17,20H,4-5,8,11-14,16H2,1H3,(H,26,29). The van der Waals surface area contributed by atoms with Crippen molar-refractivity contribution >= 4 is 23.2 Å². The average Bonchev–Trinajstić information content (AvgIpc) is 3.03. The number of hydrogen-bond donors (Lipinski definition) is 1. The monoisotopic (exact) mass is 435 g/mol. The Kier molecular flexibility index (Phi) is 5.74. The molecule has 2 atom stereocenters. The van der Waals surface area contributed by atoms with E-state index < -0.39 is 0 Å². The Morgan fingerprint density at radius 1 is 1.09 bits per heavy atom. The molecule has 5 rings (SSSR count). The third kappa shape index (κ3) is 4.05. The number of fused-ring (bicyclic) bond motifs is 2. The predicted octanol–water partition coefficient (Wildman–Crippen LogP) is 3.75. The largest absolute Gasteiger partial charge is 0.490 e. The predicted molar refractivity (Wildman–Crippen MR) is 122 cm³/mol. The van der Waals surface area contributed by atoms with Crippen LogP contribution < -0.4 is 19.7 Å². The number of rotatable bonds is 3. The highest BCUT2D eigenvalue weighted by Gasteiger charge is 2.34. The van der Waals surface area contributed by atoms with Crippen molar-refractivity contribution in [1.82, 2.24) is 4.90 Å². The third-order valence-electron chi connectivity index (χ3n) is 6.49. The van der Waals surface area contributed by atoms with Crippen LogP contribution in [0.5, 0.6) is 11.5 Å². The fourth-order valence-corrected chi connectivity index (χ4v) is 5.00. The number of carbonyl (C=O) groups is 2. The zero-order valence-corrected chi connectivity index (χ0v) is 18.4. The highest BCUT2D eigenvalue weighted by molar-refractivity contribution is 6.04. The van der Waals surface area contributed by atoms with Crippen LogP contribution in [-0.2, 0) is 9.59 Å². The number of benzene rings is 2. The van der Waals surface area contributed by atoms with Crippen LogP contribution in [-0.4, -0.2) is 49.1 Å². The number of hydrogen-bond acceptors (Lipinski definition) is 5. The van der Waals surface area contributed by atoms with Crippen molar-refractivity contribution in [2.45, 2.75) is 44.7 Å². The highest BCUT2D eigenvalue weighted by atomic mass is 16.5. The lowest BCUT2D eigenvalue weighted by Gasteiger charge is -2.31. The third-order valence-corrected chi connectivity index (χ3v) is 6.49. The molecule has 1 saturated heterocycles. The van der Waals surface area contributed by atoms with Gasteiger partial charge in [-0.05, 0) is 56.1 Å². The van der Waals surface area contributed by atoms with Crippen LogP contribution in [0.15, 0.2) is 42.5 Å². The summed E-state index contributed by atoms with van der Waals surface area (Å²) in [5, 5.41) is 2.93.